The van der Waals surface area contributed by atoms with E-state index in [1.807, 2.05) is 24.3 Å². The Kier molecular flexibility index (Phi) is 10.5. The van der Waals surface area contributed by atoms with Crippen LogP contribution in [0.2, 0.25) is 0 Å². The predicted octanol–water partition coefficient (Wildman–Crippen LogP) is 9.49. The van der Waals surface area contributed by atoms with Crippen molar-refractivity contribution in [1.29, 1.82) is 0 Å². The van der Waals surface area contributed by atoms with Gasteiger partial charge in [0, 0.05) is 0 Å². The lowest BCUT2D eigenvalue weighted by Crippen LogP contribution is -2.03. The van der Waals surface area contributed by atoms with Crippen LogP contribution in [0, 0.1) is 0 Å². The van der Waals surface area contributed by atoms with Crippen molar-refractivity contribution in [2.24, 2.45) is 0 Å². The highest BCUT2D eigenvalue weighted by molar-refractivity contribution is 6.04. The Morgan fingerprint density at radius 3 is 1.22 bits per heavy atom. The SMILES string of the molecule is CCCCCCc1ccc(-c2cc(C(=O)F)c(-c3ccc(CCCCCC)cc3)cc2C(=O)F)cc1. The van der Waals surface area contributed by atoms with Crippen LogP contribution in [0.5, 0.6) is 0 Å². The fraction of sp³-hybridized carbons (Fsp3) is 0.375. The monoisotopic (exact) mass is 490 g/mol. The van der Waals surface area contributed by atoms with Crippen molar-refractivity contribution in [2.45, 2.75) is 78.1 Å². The van der Waals surface area contributed by atoms with Gasteiger partial charge in [0.1, 0.15) is 0 Å². The van der Waals surface area contributed by atoms with Gasteiger partial charge in [-0.2, -0.15) is 8.78 Å². The van der Waals surface area contributed by atoms with Gasteiger partial charge in [-0.15, -0.1) is 0 Å². The number of carbonyl (C=O) groups excluding carboxylic acids is 2. The minimum absolute atomic E-state index is 0.172. The molecule has 0 fully saturated rings. The van der Waals surface area contributed by atoms with Crippen molar-refractivity contribution in [3.63, 3.8) is 0 Å². The third-order valence-electron chi connectivity index (χ3n) is 6.75. The summed E-state index contributed by atoms with van der Waals surface area (Å²) in [7, 11) is 0. The largest absolute Gasteiger partial charge is 0.332 e. The van der Waals surface area contributed by atoms with Crippen molar-refractivity contribution in [3.8, 4) is 22.3 Å². The summed E-state index contributed by atoms with van der Waals surface area (Å²) in [4.78, 5) is 23.9. The van der Waals surface area contributed by atoms with Gasteiger partial charge < -0.3 is 0 Å². The molecule has 3 aromatic rings. The van der Waals surface area contributed by atoms with E-state index in [4.69, 9.17) is 0 Å². The summed E-state index contributed by atoms with van der Waals surface area (Å²) in [6.07, 6.45) is 11.2. The number of aryl methyl sites for hydroxylation is 2. The van der Waals surface area contributed by atoms with Crippen molar-refractivity contribution >= 4 is 12.1 Å². The Morgan fingerprint density at radius 2 is 0.917 bits per heavy atom. The summed E-state index contributed by atoms with van der Waals surface area (Å²) >= 11 is 0. The predicted molar refractivity (Wildman–Crippen MR) is 144 cm³/mol. The quantitative estimate of drug-likeness (QED) is 0.167. The van der Waals surface area contributed by atoms with Crippen LogP contribution in [0.25, 0.3) is 22.3 Å². The number of unbranched alkanes of at least 4 members (excludes halogenated alkanes) is 6. The van der Waals surface area contributed by atoms with Crippen LogP contribution in [0.3, 0.4) is 0 Å². The molecule has 0 bridgehead atoms. The highest BCUT2D eigenvalue weighted by Gasteiger charge is 2.21. The van der Waals surface area contributed by atoms with E-state index >= 15 is 0 Å². The van der Waals surface area contributed by atoms with E-state index in [0.717, 1.165) is 36.8 Å². The lowest BCUT2D eigenvalue weighted by atomic mass is 9.90. The van der Waals surface area contributed by atoms with E-state index < -0.39 is 12.1 Å². The molecule has 0 amide bonds. The molecule has 0 aliphatic rings. The van der Waals surface area contributed by atoms with Gasteiger partial charge in [-0.25, -0.2) is 0 Å². The van der Waals surface area contributed by atoms with Gasteiger partial charge in [0.05, 0.1) is 11.1 Å². The molecule has 0 aliphatic heterocycles. The van der Waals surface area contributed by atoms with Crippen LogP contribution >= 0.6 is 0 Å². The second-order valence-electron chi connectivity index (χ2n) is 9.51. The average Bonchev–Trinajstić information content (AvgIpc) is 2.89. The maximum absolute atomic E-state index is 14.2. The molecule has 0 atom stereocenters. The molecule has 0 heterocycles. The number of benzene rings is 3. The van der Waals surface area contributed by atoms with E-state index in [9.17, 15) is 18.4 Å². The third kappa shape index (κ3) is 7.43. The van der Waals surface area contributed by atoms with Gasteiger partial charge in [-0.05, 0) is 71.2 Å². The Morgan fingerprint density at radius 1 is 0.556 bits per heavy atom. The molecule has 0 aliphatic carbocycles. The third-order valence-corrected chi connectivity index (χ3v) is 6.75. The molecule has 36 heavy (non-hydrogen) atoms. The van der Waals surface area contributed by atoms with Crippen LogP contribution in [0.4, 0.5) is 8.78 Å². The van der Waals surface area contributed by atoms with Gasteiger partial charge in [-0.3, -0.25) is 9.59 Å². The second-order valence-corrected chi connectivity index (χ2v) is 9.51. The van der Waals surface area contributed by atoms with Gasteiger partial charge >= 0.3 is 12.1 Å². The summed E-state index contributed by atoms with van der Waals surface area (Å²) in [5, 5.41) is 0. The van der Waals surface area contributed by atoms with Gasteiger partial charge in [-0.1, -0.05) is 101 Å². The molecular weight excluding hydrogens is 454 g/mol. The standard InChI is InChI=1S/C32H36F2O2/c1-3-5-7-9-11-23-13-17-25(18-14-23)27-21-30(32(34)36)28(22-29(27)31(33)35)26-19-15-24(16-20-26)12-10-8-6-4-2/h13-22H,3-12H2,1-2H3. The summed E-state index contributed by atoms with van der Waals surface area (Å²) in [5.41, 5.74) is 3.54. The zero-order valence-electron chi connectivity index (χ0n) is 21.4. The van der Waals surface area contributed by atoms with Crippen LogP contribution in [-0.4, -0.2) is 12.1 Å². The maximum Gasteiger partial charge on any atom is 0.332 e. The summed E-state index contributed by atoms with van der Waals surface area (Å²) < 4.78 is 28.4. The molecule has 190 valence electrons. The Hall–Kier alpha value is -3.14. The van der Waals surface area contributed by atoms with Crippen LogP contribution in [-0.2, 0) is 12.8 Å². The molecule has 4 heteroatoms. The molecule has 0 spiro atoms. The second kappa shape index (κ2) is 13.8. The molecular formula is C32H36F2O2. The van der Waals surface area contributed by atoms with E-state index in [0.29, 0.717) is 11.1 Å². The Bertz CT molecular complexity index is 1050. The van der Waals surface area contributed by atoms with Crippen molar-refractivity contribution in [1.82, 2.24) is 0 Å². The first-order valence-corrected chi connectivity index (χ1v) is 13.2. The van der Waals surface area contributed by atoms with E-state index in [1.165, 1.54) is 50.7 Å². The first-order chi connectivity index (χ1) is 17.4. The minimum atomic E-state index is -1.61. The molecule has 0 radical (unpaired) electrons. The smallest absolute Gasteiger partial charge is 0.255 e. The molecule has 0 saturated heterocycles. The molecule has 2 nitrogen and oxygen atoms in total. The fourth-order valence-corrected chi connectivity index (χ4v) is 4.62. The summed E-state index contributed by atoms with van der Waals surface area (Å²) in [6.45, 7) is 4.34. The van der Waals surface area contributed by atoms with Gasteiger partial charge in [0.15, 0.2) is 0 Å². The van der Waals surface area contributed by atoms with Gasteiger partial charge in [0.25, 0.3) is 0 Å². The van der Waals surface area contributed by atoms with Crippen molar-refractivity contribution in [2.75, 3.05) is 0 Å². The molecule has 3 rings (SSSR count). The molecule has 0 unspecified atom stereocenters. The van der Waals surface area contributed by atoms with Crippen LogP contribution in [0.1, 0.15) is 97.1 Å². The number of carbonyl (C=O) groups is 2. The van der Waals surface area contributed by atoms with Crippen LogP contribution < -0.4 is 0 Å². The topological polar surface area (TPSA) is 34.1 Å². The average molecular weight is 491 g/mol. The maximum atomic E-state index is 14.2. The van der Waals surface area contributed by atoms with E-state index in [-0.39, 0.29) is 22.3 Å². The van der Waals surface area contributed by atoms with E-state index in [2.05, 4.69) is 13.8 Å². The van der Waals surface area contributed by atoms with Gasteiger partial charge in [0.2, 0.25) is 0 Å². The highest BCUT2D eigenvalue weighted by atomic mass is 19.1. The zero-order valence-corrected chi connectivity index (χ0v) is 21.4. The van der Waals surface area contributed by atoms with Crippen LogP contribution in [0.15, 0.2) is 60.7 Å². The first kappa shape index (κ1) is 27.4. The number of halogens is 2. The first-order valence-electron chi connectivity index (χ1n) is 13.2. The summed E-state index contributed by atoms with van der Waals surface area (Å²) in [6, 6.07) is 14.4. The highest BCUT2D eigenvalue weighted by Crippen LogP contribution is 2.34. The number of hydrogen-bond acceptors (Lipinski definition) is 2. The zero-order chi connectivity index (χ0) is 25.9. The summed E-state index contributed by atoms with van der Waals surface area (Å²) in [5.74, 6) is 0. The Labute approximate surface area is 213 Å². The molecule has 0 saturated carbocycles. The van der Waals surface area contributed by atoms with Crippen molar-refractivity contribution < 1.29 is 18.4 Å². The number of rotatable bonds is 14. The lowest BCUT2D eigenvalue weighted by molar-refractivity contribution is 0.0823. The lowest BCUT2D eigenvalue weighted by Gasteiger charge is -2.14. The van der Waals surface area contributed by atoms with E-state index in [1.54, 1.807) is 24.3 Å². The molecule has 3 aromatic carbocycles. The normalized spacial score (nSPS) is 11.0. The number of hydrogen-bond donors (Lipinski definition) is 0. The minimum Gasteiger partial charge on any atom is -0.255 e. The molecule has 0 aromatic heterocycles. The van der Waals surface area contributed by atoms with Crippen molar-refractivity contribution in [3.05, 3.63) is 82.9 Å². The Balaban J connectivity index is 1.90. The molecule has 0 N–H and O–H groups in total. The fourth-order valence-electron chi connectivity index (χ4n) is 4.62.